The molecule has 4 aromatic rings. The summed E-state index contributed by atoms with van der Waals surface area (Å²) in [6.07, 6.45) is 0. The summed E-state index contributed by atoms with van der Waals surface area (Å²) in [4.78, 5) is 18.1. The van der Waals surface area contributed by atoms with Gasteiger partial charge in [0.2, 0.25) is 0 Å². The first-order chi connectivity index (χ1) is 19.0. The molecular formula is C30H31ClN4O4. The number of aromatic nitrogens is 2. The van der Waals surface area contributed by atoms with Crippen molar-refractivity contribution in [2.45, 2.75) is 6.92 Å². The second-order valence-corrected chi connectivity index (χ2v) is 9.49. The van der Waals surface area contributed by atoms with Crippen molar-refractivity contribution in [2.75, 3.05) is 51.9 Å². The number of hydrogen-bond acceptors (Lipinski definition) is 6. The van der Waals surface area contributed by atoms with Crippen LogP contribution in [0.4, 0.5) is 5.69 Å². The van der Waals surface area contributed by atoms with E-state index in [-0.39, 0.29) is 5.91 Å². The molecule has 0 bridgehead atoms. The third kappa shape index (κ3) is 5.52. The maximum absolute atomic E-state index is 13.9. The van der Waals surface area contributed by atoms with E-state index >= 15 is 0 Å². The minimum absolute atomic E-state index is 0.0982. The van der Waals surface area contributed by atoms with E-state index in [0.717, 1.165) is 17.0 Å². The van der Waals surface area contributed by atoms with Crippen LogP contribution in [0.5, 0.6) is 17.2 Å². The van der Waals surface area contributed by atoms with Gasteiger partial charge >= 0.3 is 0 Å². The number of halogens is 1. The molecule has 0 atom stereocenters. The van der Waals surface area contributed by atoms with Gasteiger partial charge in [0.05, 0.1) is 37.9 Å². The molecular weight excluding hydrogens is 516 g/mol. The molecule has 1 amide bonds. The van der Waals surface area contributed by atoms with Crippen LogP contribution in [0.2, 0.25) is 5.02 Å². The highest BCUT2D eigenvalue weighted by atomic mass is 35.5. The Bertz CT molecular complexity index is 1460. The highest BCUT2D eigenvalue weighted by Gasteiger charge is 2.28. The molecule has 1 fully saturated rings. The fraction of sp³-hybridized carbons (Fsp3) is 0.267. The topological polar surface area (TPSA) is 69.1 Å². The lowest BCUT2D eigenvalue weighted by Gasteiger charge is -2.36. The molecule has 0 aliphatic carbocycles. The van der Waals surface area contributed by atoms with E-state index in [9.17, 15) is 4.79 Å². The number of anilines is 1. The van der Waals surface area contributed by atoms with E-state index in [1.807, 2.05) is 60.4 Å². The summed E-state index contributed by atoms with van der Waals surface area (Å²) in [6, 6.07) is 22.7. The van der Waals surface area contributed by atoms with E-state index in [1.165, 1.54) is 0 Å². The zero-order valence-corrected chi connectivity index (χ0v) is 23.0. The molecule has 0 unspecified atom stereocenters. The molecule has 0 spiro atoms. The lowest BCUT2D eigenvalue weighted by Crippen LogP contribution is -2.49. The van der Waals surface area contributed by atoms with E-state index in [1.54, 1.807) is 37.1 Å². The van der Waals surface area contributed by atoms with Crippen molar-refractivity contribution < 1.29 is 19.0 Å². The van der Waals surface area contributed by atoms with E-state index < -0.39 is 0 Å². The summed E-state index contributed by atoms with van der Waals surface area (Å²) >= 11 is 6.30. The first-order valence-corrected chi connectivity index (χ1v) is 13.2. The highest BCUT2D eigenvalue weighted by molar-refractivity contribution is 6.30. The Hall–Kier alpha value is -4.17. The third-order valence-electron chi connectivity index (χ3n) is 6.74. The number of amides is 1. The minimum Gasteiger partial charge on any atom is -0.497 e. The van der Waals surface area contributed by atoms with E-state index in [4.69, 9.17) is 30.9 Å². The first kappa shape index (κ1) is 26.4. The molecule has 0 radical (unpaired) electrons. The third-order valence-corrected chi connectivity index (χ3v) is 6.97. The monoisotopic (exact) mass is 546 g/mol. The number of carbonyl (C=O) groups excluding carboxylic acids is 1. The van der Waals surface area contributed by atoms with Gasteiger partial charge in [-0.05, 0) is 55.5 Å². The summed E-state index contributed by atoms with van der Waals surface area (Å²) < 4.78 is 18.4. The van der Waals surface area contributed by atoms with Gasteiger partial charge in [-0.25, -0.2) is 4.68 Å². The molecule has 0 saturated carbocycles. The largest absolute Gasteiger partial charge is 0.497 e. The van der Waals surface area contributed by atoms with Crippen LogP contribution >= 0.6 is 11.6 Å². The van der Waals surface area contributed by atoms with Crippen LogP contribution in [0, 0.1) is 0 Å². The highest BCUT2D eigenvalue weighted by Crippen LogP contribution is 2.34. The average molecular weight is 547 g/mol. The Balaban J connectivity index is 1.45. The zero-order valence-electron chi connectivity index (χ0n) is 22.3. The summed E-state index contributed by atoms with van der Waals surface area (Å²) in [5.74, 6) is 2.03. The zero-order chi connectivity index (χ0) is 27.4. The fourth-order valence-electron chi connectivity index (χ4n) is 4.79. The van der Waals surface area contributed by atoms with Crippen molar-refractivity contribution in [1.29, 1.82) is 0 Å². The second-order valence-electron chi connectivity index (χ2n) is 9.05. The molecule has 5 rings (SSSR count). The molecule has 1 aromatic heterocycles. The molecule has 9 heteroatoms. The first-order valence-electron chi connectivity index (χ1n) is 12.9. The van der Waals surface area contributed by atoms with Crippen LogP contribution in [0.15, 0.2) is 72.8 Å². The Kier molecular flexibility index (Phi) is 7.93. The molecule has 3 aromatic carbocycles. The van der Waals surface area contributed by atoms with Crippen molar-refractivity contribution in [3.63, 3.8) is 0 Å². The molecule has 1 aliphatic rings. The molecule has 2 heterocycles. The molecule has 8 nitrogen and oxygen atoms in total. The van der Waals surface area contributed by atoms with Gasteiger partial charge in [-0.3, -0.25) is 4.79 Å². The van der Waals surface area contributed by atoms with Gasteiger partial charge < -0.3 is 24.0 Å². The predicted octanol–water partition coefficient (Wildman–Crippen LogP) is 5.57. The van der Waals surface area contributed by atoms with Gasteiger partial charge in [-0.1, -0.05) is 29.8 Å². The number of ether oxygens (including phenoxy) is 3. The Labute approximate surface area is 233 Å². The number of methoxy groups -OCH3 is 2. The van der Waals surface area contributed by atoms with Gasteiger partial charge in [0.25, 0.3) is 5.91 Å². The van der Waals surface area contributed by atoms with Crippen LogP contribution in [-0.4, -0.2) is 67.6 Å². The van der Waals surface area contributed by atoms with Crippen molar-refractivity contribution in [3.8, 4) is 34.2 Å². The average Bonchev–Trinajstić information content (AvgIpc) is 3.42. The van der Waals surface area contributed by atoms with Crippen molar-refractivity contribution in [3.05, 3.63) is 83.5 Å². The standard InChI is InChI=1S/C30H31ClN4O4/c1-4-39-28-11-6-5-10-26(28)33-14-16-34(17-15-33)30(36)27-20-25(24-13-12-23(37-2)19-29(24)38-3)32-35(27)22-9-7-8-21(31)18-22/h5-13,18-20H,4,14-17H2,1-3H3. The quantitative estimate of drug-likeness (QED) is 0.288. The molecule has 1 saturated heterocycles. The van der Waals surface area contributed by atoms with Gasteiger partial charge in [0.1, 0.15) is 22.9 Å². The van der Waals surface area contributed by atoms with Crippen molar-refractivity contribution in [1.82, 2.24) is 14.7 Å². The van der Waals surface area contributed by atoms with Crippen molar-refractivity contribution in [2.24, 2.45) is 0 Å². The summed E-state index contributed by atoms with van der Waals surface area (Å²) in [5.41, 5.74) is 3.57. The summed E-state index contributed by atoms with van der Waals surface area (Å²) in [5, 5.41) is 5.39. The summed E-state index contributed by atoms with van der Waals surface area (Å²) in [7, 11) is 3.20. The smallest absolute Gasteiger partial charge is 0.272 e. The van der Waals surface area contributed by atoms with Gasteiger partial charge in [0, 0.05) is 42.8 Å². The number of piperazine rings is 1. The molecule has 0 N–H and O–H groups in total. The molecule has 39 heavy (non-hydrogen) atoms. The predicted molar refractivity (Wildman–Crippen MR) is 153 cm³/mol. The van der Waals surface area contributed by atoms with Gasteiger partial charge in [-0.2, -0.15) is 5.10 Å². The van der Waals surface area contributed by atoms with Crippen LogP contribution in [0.25, 0.3) is 16.9 Å². The summed E-state index contributed by atoms with van der Waals surface area (Å²) in [6.45, 7) is 5.11. The number of carbonyl (C=O) groups is 1. The van der Waals surface area contributed by atoms with Crippen molar-refractivity contribution >= 4 is 23.2 Å². The number of nitrogens with zero attached hydrogens (tertiary/aromatic N) is 4. The normalized spacial score (nSPS) is 13.3. The lowest BCUT2D eigenvalue weighted by molar-refractivity contribution is 0.0737. The van der Waals surface area contributed by atoms with Gasteiger partial charge in [-0.15, -0.1) is 0 Å². The number of benzene rings is 3. The van der Waals surface area contributed by atoms with Crippen LogP contribution in [0.1, 0.15) is 17.4 Å². The SMILES string of the molecule is CCOc1ccccc1N1CCN(C(=O)c2cc(-c3ccc(OC)cc3OC)nn2-c2cccc(Cl)c2)CC1. The van der Waals surface area contributed by atoms with E-state index in [2.05, 4.69) is 11.0 Å². The van der Waals surface area contributed by atoms with E-state index in [0.29, 0.717) is 66.4 Å². The fourth-order valence-corrected chi connectivity index (χ4v) is 4.97. The second kappa shape index (κ2) is 11.7. The van der Waals surface area contributed by atoms with Crippen LogP contribution in [-0.2, 0) is 0 Å². The Morgan fingerprint density at radius 2 is 1.69 bits per heavy atom. The molecule has 202 valence electrons. The molecule has 1 aliphatic heterocycles. The van der Waals surface area contributed by atoms with Crippen LogP contribution in [0.3, 0.4) is 0 Å². The minimum atomic E-state index is -0.0982. The Morgan fingerprint density at radius 1 is 0.897 bits per heavy atom. The number of rotatable bonds is 8. The number of para-hydroxylation sites is 2. The lowest BCUT2D eigenvalue weighted by atomic mass is 10.1. The van der Waals surface area contributed by atoms with Gasteiger partial charge in [0.15, 0.2) is 0 Å². The maximum Gasteiger partial charge on any atom is 0.272 e. The number of hydrogen-bond donors (Lipinski definition) is 0. The maximum atomic E-state index is 13.9. The van der Waals surface area contributed by atoms with Crippen LogP contribution < -0.4 is 19.1 Å². The Morgan fingerprint density at radius 3 is 2.41 bits per heavy atom.